The predicted molar refractivity (Wildman–Crippen MR) is 64.9 cm³/mol. The number of carbonyl (C=O) groups is 1. The lowest BCUT2D eigenvalue weighted by Crippen LogP contribution is -2.33. The number of hydrogen-bond donors (Lipinski definition) is 1. The number of nitro groups is 1. The number of nitrogens with one attached hydrogen (secondary N) is 1. The Morgan fingerprint density at radius 1 is 1.42 bits per heavy atom. The largest absolute Gasteiger partial charge is 0.350 e. The number of rotatable bonds is 4. The summed E-state index contributed by atoms with van der Waals surface area (Å²) < 4.78 is 0.889. The number of aromatic nitrogens is 2. The molecule has 0 aliphatic heterocycles. The zero-order valence-corrected chi connectivity index (χ0v) is 10.1. The number of hydrogen-bond acceptors (Lipinski definition) is 5. The van der Waals surface area contributed by atoms with Crippen molar-refractivity contribution in [1.82, 2.24) is 9.55 Å². The summed E-state index contributed by atoms with van der Waals surface area (Å²) in [7, 11) is 0. The van der Waals surface area contributed by atoms with Crippen molar-refractivity contribution in [2.75, 3.05) is 0 Å². The zero-order chi connectivity index (χ0) is 14.0. The minimum atomic E-state index is -1.06. The molecule has 0 amide bonds. The van der Waals surface area contributed by atoms with Gasteiger partial charge in [0.1, 0.15) is 0 Å². The van der Waals surface area contributed by atoms with Crippen molar-refractivity contribution in [2.24, 2.45) is 5.92 Å². The van der Waals surface area contributed by atoms with Crippen LogP contribution in [-0.4, -0.2) is 20.3 Å². The van der Waals surface area contributed by atoms with E-state index in [4.69, 9.17) is 0 Å². The lowest BCUT2D eigenvalue weighted by molar-refractivity contribution is -0.386. The van der Waals surface area contributed by atoms with Crippen LogP contribution in [0.5, 0.6) is 0 Å². The van der Waals surface area contributed by atoms with Crippen LogP contribution >= 0.6 is 0 Å². The van der Waals surface area contributed by atoms with Crippen molar-refractivity contribution in [3.05, 3.63) is 37.1 Å². The Morgan fingerprint density at radius 3 is 2.63 bits per heavy atom. The molecule has 0 atom stereocenters. The van der Waals surface area contributed by atoms with Crippen LogP contribution in [0, 0.1) is 16.0 Å². The molecule has 0 aromatic carbocycles. The third-order valence-electron chi connectivity index (χ3n) is 3.33. The average Bonchev–Trinajstić information content (AvgIpc) is 2.85. The number of Topliss-reactive ketones (excluding diaryl/α,β-unsaturated/α-hetero) is 1. The van der Waals surface area contributed by atoms with Crippen LogP contribution in [0.25, 0.3) is 0 Å². The Morgan fingerprint density at radius 2 is 2.05 bits per heavy atom. The highest BCUT2D eigenvalue weighted by Crippen LogP contribution is 2.25. The van der Waals surface area contributed by atoms with E-state index in [2.05, 4.69) is 0 Å². The number of aromatic amines is 1. The molecule has 0 radical (unpaired) electrons. The summed E-state index contributed by atoms with van der Waals surface area (Å²) in [5.41, 5.74) is -2.60. The van der Waals surface area contributed by atoms with Gasteiger partial charge >= 0.3 is 16.9 Å². The van der Waals surface area contributed by atoms with Crippen LogP contribution in [-0.2, 0) is 11.3 Å². The van der Waals surface area contributed by atoms with Gasteiger partial charge < -0.3 is 0 Å². The first-order valence-electron chi connectivity index (χ1n) is 6.00. The van der Waals surface area contributed by atoms with Crippen LogP contribution < -0.4 is 11.2 Å². The van der Waals surface area contributed by atoms with Crippen molar-refractivity contribution in [2.45, 2.75) is 32.2 Å². The lowest BCUT2D eigenvalue weighted by atomic mass is 10.0. The predicted octanol–water partition coefficient (Wildman–Crippen LogP) is 0.204. The highest BCUT2D eigenvalue weighted by atomic mass is 16.6. The van der Waals surface area contributed by atoms with E-state index >= 15 is 0 Å². The molecule has 0 spiro atoms. The summed E-state index contributed by atoms with van der Waals surface area (Å²) in [5.74, 6) is -0.209. The van der Waals surface area contributed by atoms with E-state index in [1.807, 2.05) is 4.98 Å². The van der Waals surface area contributed by atoms with Gasteiger partial charge in [-0.3, -0.25) is 29.3 Å². The summed E-state index contributed by atoms with van der Waals surface area (Å²) in [6.07, 6.45) is 4.38. The molecule has 102 valence electrons. The molecule has 0 unspecified atom stereocenters. The Bertz CT molecular complexity index is 624. The van der Waals surface area contributed by atoms with Crippen molar-refractivity contribution in [3.8, 4) is 0 Å². The van der Waals surface area contributed by atoms with Crippen LogP contribution in [0.1, 0.15) is 25.7 Å². The molecule has 1 aliphatic carbocycles. The van der Waals surface area contributed by atoms with Gasteiger partial charge in [-0.25, -0.2) is 4.79 Å². The Balaban J connectivity index is 2.27. The molecule has 8 nitrogen and oxygen atoms in total. The fraction of sp³-hybridized carbons (Fsp3) is 0.545. The molecule has 2 rings (SSSR count). The van der Waals surface area contributed by atoms with E-state index in [1.54, 1.807) is 0 Å². The summed E-state index contributed by atoms with van der Waals surface area (Å²) in [5, 5.41) is 10.6. The fourth-order valence-corrected chi connectivity index (χ4v) is 2.29. The van der Waals surface area contributed by atoms with Crippen molar-refractivity contribution >= 4 is 11.5 Å². The lowest BCUT2D eigenvalue weighted by Gasteiger charge is -2.08. The van der Waals surface area contributed by atoms with Gasteiger partial charge in [0.05, 0.1) is 17.7 Å². The maximum atomic E-state index is 11.9. The standard InChI is InChI=1S/C11H13N3O5/c15-9(7-3-1-2-4-7)6-13-5-8(14(18)19)10(16)12-11(13)17/h5,7H,1-4,6H2,(H,12,16,17). The van der Waals surface area contributed by atoms with Gasteiger partial charge in [-0.15, -0.1) is 0 Å². The summed E-state index contributed by atoms with van der Waals surface area (Å²) in [6, 6.07) is 0. The average molecular weight is 267 g/mol. The topological polar surface area (TPSA) is 115 Å². The highest BCUT2D eigenvalue weighted by molar-refractivity contribution is 5.81. The highest BCUT2D eigenvalue weighted by Gasteiger charge is 2.24. The van der Waals surface area contributed by atoms with Gasteiger partial charge in [0, 0.05) is 5.92 Å². The molecule has 1 N–H and O–H groups in total. The third kappa shape index (κ3) is 2.78. The number of carbonyl (C=O) groups excluding carboxylic acids is 1. The molecule has 1 saturated carbocycles. The van der Waals surface area contributed by atoms with Gasteiger partial charge in [-0.1, -0.05) is 12.8 Å². The second-order valence-electron chi connectivity index (χ2n) is 4.61. The van der Waals surface area contributed by atoms with E-state index in [-0.39, 0.29) is 18.2 Å². The quantitative estimate of drug-likeness (QED) is 0.618. The van der Waals surface area contributed by atoms with Gasteiger partial charge in [0.2, 0.25) is 0 Å². The summed E-state index contributed by atoms with van der Waals surface area (Å²) in [6.45, 7) is -0.235. The van der Waals surface area contributed by atoms with Crippen molar-refractivity contribution in [3.63, 3.8) is 0 Å². The zero-order valence-electron chi connectivity index (χ0n) is 10.1. The molecule has 0 saturated heterocycles. The van der Waals surface area contributed by atoms with E-state index in [0.717, 1.165) is 36.4 Å². The first-order valence-corrected chi connectivity index (χ1v) is 6.00. The van der Waals surface area contributed by atoms with Crippen molar-refractivity contribution < 1.29 is 9.72 Å². The molecule has 19 heavy (non-hydrogen) atoms. The molecular formula is C11H13N3O5. The number of nitrogens with zero attached hydrogens (tertiary/aromatic N) is 2. The number of ketones is 1. The second-order valence-corrected chi connectivity index (χ2v) is 4.61. The van der Waals surface area contributed by atoms with E-state index in [0.29, 0.717) is 0 Å². The second kappa shape index (κ2) is 5.17. The van der Waals surface area contributed by atoms with Crippen LogP contribution in [0.15, 0.2) is 15.8 Å². The number of H-pyrrole nitrogens is 1. The van der Waals surface area contributed by atoms with Crippen LogP contribution in [0.3, 0.4) is 0 Å². The third-order valence-corrected chi connectivity index (χ3v) is 3.33. The molecule has 1 aromatic rings. The molecule has 0 bridgehead atoms. The minimum absolute atomic E-state index is 0.0853. The Hall–Kier alpha value is -2.25. The smallest absolute Gasteiger partial charge is 0.297 e. The Kier molecular flexibility index (Phi) is 3.59. The molecule has 1 aromatic heterocycles. The van der Waals surface area contributed by atoms with Crippen molar-refractivity contribution in [1.29, 1.82) is 0 Å². The minimum Gasteiger partial charge on any atom is -0.297 e. The SMILES string of the molecule is O=C(Cn1cc([N+](=O)[O-])c(=O)[nH]c1=O)C1CCCC1. The van der Waals surface area contributed by atoms with Gasteiger partial charge in [-0.2, -0.15) is 0 Å². The fourth-order valence-electron chi connectivity index (χ4n) is 2.29. The van der Waals surface area contributed by atoms with Gasteiger partial charge in [0.15, 0.2) is 5.78 Å². The molecule has 1 aliphatic rings. The monoisotopic (exact) mass is 267 g/mol. The molecule has 8 heteroatoms. The maximum Gasteiger partial charge on any atom is 0.350 e. The molecule has 1 heterocycles. The molecule has 1 fully saturated rings. The van der Waals surface area contributed by atoms with Crippen LogP contribution in [0.4, 0.5) is 5.69 Å². The maximum absolute atomic E-state index is 11.9. The first-order chi connectivity index (χ1) is 8.99. The van der Waals surface area contributed by atoms with E-state index in [1.165, 1.54) is 0 Å². The van der Waals surface area contributed by atoms with Gasteiger partial charge in [-0.05, 0) is 12.8 Å². The Labute approximate surface area is 107 Å². The van der Waals surface area contributed by atoms with E-state index in [9.17, 15) is 24.5 Å². The molecular weight excluding hydrogens is 254 g/mol. The normalized spacial score (nSPS) is 15.6. The van der Waals surface area contributed by atoms with E-state index < -0.39 is 21.9 Å². The summed E-state index contributed by atoms with van der Waals surface area (Å²) in [4.78, 5) is 46.2. The van der Waals surface area contributed by atoms with Crippen LogP contribution in [0.2, 0.25) is 0 Å². The summed E-state index contributed by atoms with van der Waals surface area (Å²) >= 11 is 0. The first kappa shape index (κ1) is 13.2. The van der Waals surface area contributed by atoms with Gasteiger partial charge in [0.25, 0.3) is 0 Å².